The molecule has 0 unspecified atom stereocenters. The minimum atomic E-state index is 0.154. The molecule has 1 N–H and O–H groups in total. The molecule has 0 atom stereocenters. The van der Waals surface area contributed by atoms with Gasteiger partial charge in [-0.25, -0.2) is 0 Å². The van der Waals surface area contributed by atoms with Crippen LogP contribution in [0.4, 0.5) is 0 Å². The summed E-state index contributed by atoms with van der Waals surface area (Å²) in [5.74, 6) is 0. The van der Waals surface area contributed by atoms with Crippen molar-refractivity contribution in [3.05, 3.63) is 47.5 Å². The van der Waals surface area contributed by atoms with Crippen LogP contribution >= 0.6 is 11.6 Å². The van der Waals surface area contributed by atoms with Gasteiger partial charge in [-0.1, -0.05) is 61.9 Å². The molecule has 1 rings (SSSR count). The lowest BCUT2D eigenvalue weighted by Crippen LogP contribution is -2.32. The van der Waals surface area contributed by atoms with Gasteiger partial charge >= 0.3 is 0 Å². The van der Waals surface area contributed by atoms with E-state index < -0.39 is 0 Å². The maximum absolute atomic E-state index is 5.45. The van der Waals surface area contributed by atoms with Gasteiger partial charge in [-0.3, -0.25) is 0 Å². The molecule has 1 nitrogen and oxygen atoms in total. The zero-order valence-electron chi connectivity index (χ0n) is 9.33. The molecule has 0 aliphatic rings. The van der Waals surface area contributed by atoms with Crippen molar-refractivity contribution < 1.29 is 0 Å². The average molecular weight is 224 g/mol. The lowest BCUT2D eigenvalue weighted by molar-refractivity contribution is 0.483. The molecule has 0 radical (unpaired) electrons. The predicted molar refractivity (Wildman–Crippen MR) is 67.3 cm³/mol. The lowest BCUT2D eigenvalue weighted by Gasteiger charge is -2.25. The van der Waals surface area contributed by atoms with Crippen molar-refractivity contribution in [1.29, 1.82) is 0 Å². The van der Waals surface area contributed by atoms with E-state index in [9.17, 15) is 0 Å². The van der Waals surface area contributed by atoms with Gasteiger partial charge in [0, 0.05) is 24.0 Å². The fourth-order valence-corrected chi connectivity index (χ4v) is 1.59. The van der Waals surface area contributed by atoms with Crippen molar-refractivity contribution in [2.75, 3.05) is 13.1 Å². The molecule has 82 valence electrons. The van der Waals surface area contributed by atoms with Gasteiger partial charge in [-0.05, 0) is 5.56 Å². The Balaban J connectivity index is 2.52. The first-order valence-electron chi connectivity index (χ1n) is 5.18. The van der Waals surface area contributed by atoms with E-state index in [1.165, 1.54) is 5.56 Å². The van der Waals surface area contributed by atoms with Crippen LogP contribution in [0.1, 0.15) is 19.4 Å². The summed E-state index contributed by atoms with van der Waals surface area (Å²) in [6.45, 7) is 6.23. The van der Waals surface area contributed by atoms with Crippen LogP contribution in [-0.2, 0) is 5.41 Å². The van der Waals surface area contributed by atoms with Gasteiger partial charge in [-0.2, -0.15) is 0 Å². The quantitative estimate of drug-likeness (QED) is 0.756. The van der Waals surface area contributed by atoms with E-state index >= 15 is 0 Å². The number of hydrogen-bond acceptors (Lipinski definition) is 1. The zero-order chi connectivity index (χ0) is 11.1. The molecule has 0 bridgehead atoms. The summed E-state index contributed by atoms with van der Waals surface area (Å²) < 4.78 is 0. The highest BCUT2D eigenvalue weighted by Gasteiger charge is 2.18. The van der Waals surface area contributed by atoms with Crippen LogP contribution in [0.25, 0.3) is 0 Å². The third kappa shape index (κ3) is 4.06. The Bertz CT molecular complexity index is 304. The van der Waals surface area contributed by atoms with Crippen molar-refractivity contribution in [3.8, 4) is 0 Å². The first kappa shape index (κ1) is 12.3. The van der Waals surface area contributed by atoms with Gasteiger partial charge in [-0.15, -0.1) is 0 Å². The summed E-state index contributed by atoms with van der Waals surface area (Å²) in [5, 5.41) is 3.35. The van der Waals surface area contributed by atoms with E-state index in [0.29, 0.717) is 0 Å². The lowest BCUT2D eigenvalue weighted by atomic mass is 9.85. The Hall–Kier alpha value is -0.790. The molecule has 0 saturated carbocycles. The normalized spacial score (nSPS) is 12.2. The van der Waals surface area contributed by atoms with Crippen molar-refractivity contribution >= 4 is 11.6 Å². The monoisotopic (exact) mass is 223 g/mol. The van der Waals surface area contributed by atoms with Gasteiger partial charge in [0.05, 0.1) is 0 Å². The Labute approximate surface area is 97.1 Å². The molecular formula is C13H18ClN. The smallest absolute Gasteiger partial charge is 0.0146 e. The molecular weight excluding hydrogens is 206 g/mol. The van der Waals surface area contributed by atoms with Crippen LogP contribution in [-0.4, -0.2) is 13.1 Å². The summed E-state index contributed by atoms with van der Waals surface area (Å²) in [7, 11) is 0. The molecule has 2 heteroatoms. The second kappa shape index (κ2) is 5.94. The number of hydrogen-bond donors (Lipinski definition) is 1. The van der Waals surface area contributed by atoms with Crippen molar-refractivity contribution in [2.45, 2.75) is 19.3 Å². The SMILES string of the molecule is CC(C)(CNC/C=C/Cl)c1ccccc1. The largest absolute Gasteiger partial charge is 0.312 e. The van der Waals surface area contributed by atoms with Gasteiger partial charge < -0.3 is 5.32 Å². The Morgan fingerprint density at radius 1 is 1.27 bits per heavy atom. The topological polar surface area (TPSA) is 12.0 Å². The fourth-order valence-electron chi connectivity index (χ4n) is 1.50. The summed E-state index contributed by atoms with van der Waals surface area (Å²) >= 11 is 5.45. The molecule has 0 aromatic heterocycles. The second-order valence-electron chi connectivity index (χ2n) is 4.24. The third-order valence-electron chi connectivity index (χ3n) is 2.47. The highest BCUT2D eigenvalue weighted by atomic mass is 35.5. The summed E-state index contributed by atoms with van der Waals surface area (Å²) in [5.41, 5.74) is 3.05. The van der Waals surface area contributed by atoms with E-state index in [2.05, 4.69) is 43.4 Å². The van der Waals surface area contributed by atoms with E-state index in [0.717, 1.165) is 13.1 Å². The van der Waals surface area contributed by atoms with Crippen LogP contribution in [0.15, 0.2) is 41.9 Å². The molecule has 15 heavy (non-hydrogen) atoms. The molecule has 0 heterocycles. The van der Waals surface area contributed by atoms with Crippen molar-refractivity contribution in [3.63, 3.8) is 0 Å². The summed E-state index contributed by atoms with van der Waals surface area (Å²) in [4.78, 5) is 0. The molecule has 0 fully saturated rings. The van der Waals surface area contributed by atoms with Crippen LogP contribution in [0.3, 0.4) is 0 Å². The number of benzene rings is 1. The van der Waals surface area contributed by atoms with E-state index in [1.54, 1.807) is 5.54 Å². The summed E-state index contributed by atoms with van der Waals surface area (Å²) in [6, 6.07) is 10.5. The van der Waals surface area contributed by atoms with Crippen LogP contribution in [0, 0.1) is 0 Å². The van der Waals surface area contributed by atoms with Crippen LogP contribution in [0.2, 0.25) is 0 Å². The van der Waals surface area contributed by atoms with Crippen molar-refractivity contribution in [2.24, 2.45) is 0 Å². The first-order chi connectivity index (χ1) is 7.17. The van der Waals surface area contributed by atoms with E-state index in [-0.39, 0.29) is 5.41 Å². The van der Waals surface area contributed by atoms with Gasteiger partial charge in [0.2, 0.25) is 0 Å². The van der Waals surface area contributed by atoms with E-state index in [1.807, 2.05) is 12.1 Å². The Morgan fingerprint density at radius 3 is 2.53 bits per heavy atom. The molecule has 1 aromatic rings. The molecule has 0 saturated heterocycles. The summed E-state index contributed by atoms with van der Waals surface area (Å²) in [6.07, 6.45) is 1.91. The average Bonchev–Trinajstić information content (AvgIpc) is 2.26. The standard InChI is InChI=1S/C13H18ClN/c1-13(2,11-15-10-6-9-14)12-7-4-3-5-8-12/h3-9,15H,10-11H2,1-2H3/b9-6+. The molecule has 0 amide bonds. The molecule has 0 spiro atoms. The maximum atomic E-state index is 5.45. The predicted octanol–water partition coefficient (Wildman–Crippen LogP) is 3.31. The van der Waals surface area contributed by atoms with Gasteiger partial charge in [0.25, 0.3) is 0 Å². The minimum Gasteiger partial charge on any atom is -0.312 e. The van der Waals surface area contributed by atoms with Crippen molar-refractivity contribution in [1.82, 2.24) is 5.32 Å². The first-order valence-corrected chi connectivity index (χ1v) is 5.62. The highest BCUT2D eigenvalue weighted by Crippen LogP contribution is 2.21. The Kier molecular flexibility index (Phi) is 4.86. The molecule has 0 aliphatic carbocycles. The van der Waals surface area contributed by atoms with Gasteiger partial charge in [0.1, 0.15) is 0 Å². The molecule has 0 aliphatic heterocycles. The molecule has 1 aromatic carbocycles. The number of halogens is 1. The van der Waals surface area contributed by atoms with E-state index in [4.69, 9.17) is 11.6 Å². The number of rotatable bonds is 5. The zero-order valence-corrected chi connectivity index (χ0v) is 10.1. The van der Waals surface area contributed by atoms with Gasteiger partial charge in [0.15, 0.2) is 0 Å². The second-order valence-corrected chi connectivity index (χ2v) is 4.49. The maximum Gasteiger partial charge on any atom is 0.0146 e. The highest BCUT2D eigenvalue weighted by molar-refractivity contribution is 6.25. The minimum absolute atomic E-state index is 0.154. The number of nitrogens with one attached hydrogen (secondary N) is 1. The third-order valence-corrected chi connectivity index (χ3v) is 2.65. The fraction of sp³-hybridized carbons (Fsp3) is 0.385. The Morgan fingerprint density at radius 2 is 1.93 bits per heavy atom. The van der Waals surface area contributed by atoms with Crippen LogP contribution in [0.5, 0.6) is 0 Å². The van der Waals surface area contributed by atoms with Crippen LogP contribution < -0.4 is 5.32 Å².